The van der Waals surface area contributed by atoms with Crippen molar-refractivity contribution < 1.29 is 27.1 Å². The van der Waals surface area contributed by atoms with E-state index in [-0.39, 0.29) is 22.6 Å². The van der Waals surface area contributed by atoms with Crippen molar-refractivity contribution in [2.24, 2.45) is 0 Å². The summed E-state index contributed by atoms with van der Waals surface area (Å²) in [6.45, 7) is 5.52. The Kier molecular flexibility index (Phi) is 7.24. The molecule has 0 spiro atoms. The predicted molar refractivity (Wildman–Crippen MR) is 124 cm³/mol. The molecule has 33 heavy (non-hydrogen) atoms. The topological polar surface area (TPSA) is 94.6 Å². The average Bonchev–Trinajstić information content (AvgIpc) is 2.70. The molecule has 2 aromatic carbocycles. The minimum Gasteiger partial charge on any atom is -0.491 e. The Labute approximate surface area is 196 Å². The fourth-order valence-electron chi connectivity index (χ4n) is 3.01. The predicted octanol–water partition coefficient (Wildman–Crippen LogP) is 5.12. The second kappa shape index (κ2) is 9.76. The third-order valence-corrected chi connectivity index (χ3v) is 5.19. The minimum atomic E-state index is -3.82. The molecule has 0 atom stereocenters. The molecule has 0 saturated heterocycles. The molecule has 0 aliphatic heterocycles. The Bertz CT molecular complexity index is 1290. The normalized spacial score (nSPS) is 11.4. The molecule has 0 saturated carbocycles. The Morgan fingerprint density at radius 2 is 1.76 bits per heavy atom. The number of amides is 1. The summed E-state index contributed by atoms with van der Waals surface area (Å²) >= 11 is 6.34. The van der Waals surface area contributed by atoms with Gasteiger partial charge in [0.2, 0.25) is 15.9 Å². The highest BCUT2D eigenvalue weighted by Gasteiger charge is 2.19. The second-order valence-corrected chi connectivity index (χ2v) is 9.76. The zero-order chi connectivity index (χ0) is 24.3. The fourth-order valence-corrected chi connectivity index (χ4v) is 3.66. The van der Waals surface area contributed by atoms with Gasteiger partial charge in [-0.2, -0.15) is 0 Å². The summed E-state index contributed by atoms with van der Waals surface area (Å²) in [5.74, 6) is -0.541. The Morgan fingerprint density at radius 1 is 1.12 bits per heavy atom. The number of ether oxygens (including phenoxy) is 2. The quantitative estimate of drug-likeness (QED) is 0.492. The Hall–Kier alpha value is -3.17. The molecule has 7 nitrogen and oxygen atoms in total. The monoisotopic (exact) mass is 492 g/mol. The van der Waals surface area contributed by atoms with E-state index in [1.165, 1.54) is 12.3 Å². The summed E-state index contributed by atoms with van der Waals surface area (Å²) in [5, 5.41) is 0.203. The molecule has 0 aliphatic carbocycles. The summed E-state index contributed by atoms with van der Waals surface area (Å²) in [6.07, 6.45) is 2.33. The molecule has 0 bridgehead atoms. The van der Waals surface area contributed by atoms with E-state index >= 15 is 0 Å². The number of aromatic nitrogens is 1. The molecule has 0 fully saturated rings. The van der Waals surface area contributed by atoms with Crippen molar-refractivity contribution in [3.63, 3.8) is 0 Å². The van der Waals surface area contributed by atoms with E-state index in [2.05, 4.69) is 4.98 Å². The Morgan fingerprint density at radius 3 is 2.33 bits per heavy atom. The van der Waals surface area contributed by atoms with Crippen molar-refractivity contribution in [3.8, 4) is 28.5 Å². The summed E-state index contributed by atoms with van der Waals surface area (Å²) < 4.78 is 50.2. The van der Waals surface area contributed by atoms with Gasteiger partial charge >= 0.3 is 0 Å². The smallest absolute Gasteiger partial charge is 0.267 e. The van der Waals surface area contributed by atoms with Gasteiger partial charge in [-0.25, -0.2) is 22.5 Å². The van der Waals surface area contributed by atoms with E-state index in [4.69, 9.17) is 21.1 Å². The molecule has 0 unspecified atom stereocenters. The first-order valence-electron chi connectivity index (χ1n) is 9.85. The summed E-state index contributed by atoms with van der Waals surface area (Å²) in [5.41, 5.74) is 1.09. The third-order valence-electron chi connectivity index (χ3n) is 4.37. The molecule has 0 radical (unpaired) electrons. The molecule has 10 heteroatoms. The van der Waals surface area contributed by atoms with Gasteiger partial charge in [0.15, 0.2) is 0 Å². The highest BCUT2D eigenvalue weighted by Crippen LogP contribution is 2.33. The molecule has 1 heterocycles. The maximum absolute atomic E-state index is 14.6. The van der Waals surface area contributed by atoms with Gasteiger partial charge in [-0.1, -0.05) is 11.6 Å². The SMILES string of the molecule is Cc1cc(C(=O)NS(C)(=O)=O)c(F)cc1-c1cnc(Oc2ccc(OC(C)C)cc2)c(Cl)c1. The molecule has 1 N–H and O–H groups in total. The maximum atomic E-state index is 14.6. The molecule has 1 aromatic heterocycles. The molecule has 3 aromatic rings. The van der Waals surface area contributed by atoms with Crippen LogP contribution < -0.4 is 14.2 Å². The van der Waals surface area contributed by atoms with Gasteiger partial charge < -0.3 is 9.47 Å². The number of sulfonamides is 1. The van der Waals surface area contributed by atoms with Crippen LogP contribution >= 0.6 is 11.6 Å². The van der Waals surface area contributed by atoms with Crippen LogP contribution in [0, 0.1) is 12.7 Å². The van der Waals surface area contributed by atoms with E-state index < -0.39 is 21.7 Å². The van der Waals surface area contributed by atoms with Gasteiger partial charge in [0.1, 0.15) is 22.3 Å². The molecular weight excluding hydrogens is 471 g/mol. The lowest BCUT2D eigenvalue weighted by Gasteiger charge is -2.13. The number of rotatable bonds is 7. The van der Waals surface area contributed by atoms with Gasteiger partial charge in [0.25, 0.3) is 5.91 Å². The minimum absolute atomic E-state index is 0.0526. The van der Waals surface area contributed by atoms with Crippen molar-refractivity contribution in [3.05, 3.63) is 70.6 Å². The first-order chi connectivity index (χ1) is 15.4. The molecule has 174 valence electrons. The zero-order valence-electron chi connectivity index (χ0n) is 18.3. The van der Waals surface area contributed by atoms with E-state index in [0.717, 1.165) is 12.3 Å². The van der Waals surface area contributed by atoms with Crippen LogP contribution in [-0.2, 0) is 10.0 Å². The summed E-state index contributed by atoms with van der Waals surface area (Å²) in [4.78, 5) is 16.3. The van der Waals surface area contributed by atoms with Gasteiger partial charge in [0, 0.05) is 11.8 Å². The first-order valence-corrected chi connectivity index (χ1v) is 12.1. The molecule has 3 rings (SSSR count). The van der Waals surface area contributed by atoms with Gasteiger partial charge in [-0.3, -0.25) is 4.79 Å². The number of hydrogen-bond donors (Lipinski definition) is 1. The lowest BCUT2D eigenvalue weighted by Crippen LogP contribution is -2.30. The number of aryl methyl sites for hydroxylation is 1. The Balaban J connectivity index is 1.83. The standard InChI is InChI=1S/C23H22ClFN2O5S/c1-13(2)31-16-5-7-17(8-6-16)32-23-20(24)10-15(12-26-23)18-11-21(25)19(9-14(18)3)22(28)27-33(4,29)30/h5-13H,1-4H3,(H,27,28). The second-order valence-electron chi connectivity index (χ2n) is 7.60. The highest BCUT2D eigenvalue weighted by molar-refractivity contribution is 7.89. The van der Waals surface area contributed by atoms with E-state index in [0.29, 0.717) is 28.2 Å². The zero-order valence-corrected chi connectivity index (χ0v) is 19.9. The number of halogens is 2. The third kappa shape index (κ3) is 6.43. The number of pyridine rings is 1. The number of carbonyl (C=O) groups is 1. The maximum Gasteiger partial charge on any atom is 0.267 e. The summed E-state index contributed by atoms with van der Waals surface area (Å²) in [7, 11) is -3.82. The van der Waals surface area contributed by atoms with Crippen LogP contribution in [0.25, 0.3) is 11.1 Å². The number of hydrogen-bond acceptors (Lipinski definition) is 6. The number of nitrogens with one attached hydrogen (secondary N) is 1. The van der Waals surface area contributed by atoms with Crippen LogP contribution in [0.2, 0.25) is 5.02 Å². The summed E-state index contributed by atoms with van der Waals surface area (Å²) in [6, 6.07) is 11.0. The van der Waals surface area contributed by atoms with Crippen LogP contribution in [0.15, 0.2) is 48.7 Å². The van der Waals surface area contributed by atoms with Crippen molar-refractivity contribution in [2.45, 2.75) is 26.9 Å². The average molecular weight is 493 g/mol. The van der Waals surface area contributed by atoms with Crippen molar-refractivity contribution in [2.75, 3.05) is 6.26 Å². The molecule has 1 amide bonds. The van der Waals surface area contributed by atoms with Gasteiger partial charge in [0.05, 0.1) is 17.9 Å². The van der Waals surface area contributed by atoms with Crippen molar-refractivity contribution >= 4 is 27.5 Å². The lowest BCUT2D eigenvalue weighted by molar-refractivity contribution is 0.0977. The fraction of sp³-hybridized carbons (Fsp3) is 0.217. The van der Waals surface area contributed by atoms with Crippen LogP contribution in [0.5, 0.6) is 17.4 Å². The van der Waals surface area contributed by atoms with E-state index in [1.807, 2.05) is 13.8 Å². The first kappa shape index (κ1) is 24.5. The number of benzene rings is 2. The van der Waals surface area contributed by atoms with Crippen LogP contribution in [0.4, 0.5) is 4.39 Å². The highest BCUT2D eigenvalue weighted by atomic mass is 35.5. The molecular formula is C23H22ClFN2O5S. The van der Waals surface area contributed by atoms with E-state index in [1.54, 1.807) is 42.0 Å². The number of nitrogens with zero attached hydrogens (tertiary/aromatic N) is 1. The van der Waals surface area contributed by atoms with Gasteiger partial charge in [-0.05, 0) is 74.4 Å². The van der Waals surface area contributed by atoms with Crippen molar-refractivity contribution in [1.29, 1.82) is 0 Å². The van der Waals surface area contributed by atoms with Crippen molar-refractivity contribution in [1.82, 2.24) is 9.71 Å². The van der Waals surface area contributed by atoms with E-state index in [9.17, 15) is 17.6 Å². The van der Waals surface area contributed by atoms with Gasteiger partial charge in [-0.15, -0.1) is 0 Å². The van der Waals surface area contributed by atoms with Crippen LogP contribution in [-0.4, -0.2) is 31.7 Å². The largest absolute Gasteiger partial charge is 0.491 e. The van der Waals surface area contributed by atoms with Crippen LogP contribution in [0.1, 0.15) is 29.8 Å². The number of carbonyl (C=O) groups excluding carboxylic acids is 1. The molecule has 0 aliphatic rings. The van der Waals surface area contributed by atoms with Crippen LogP contribution in [0.3, 0.4) is 0 Å². The lowest BCUT2D eigenvalue weighted by atomic mass is 9.99.